The highest BCUT2D eigenvalue weighted by molar-refractivity contribution is 5.92. The number of nitrogens with one attached hydrogen (secondary N) is 1. The van der Waals surface area contributed by atoms with E-state index in [9.17, 15) is 18.0 Å². The summed E-state index contributed by atoms with van der Waals surface area (Å²) in [4.78, 5) is 13.7. The van der Waals surface area contributed by atoms with Crippen molar-refractivity contribution >= 4 is 5.91 Å². The van der Waals surface area contributed by atoms with Crippen molar-refractivity contribution in [2.75, 3.05) is 0 Å². The summed E-state index contributed by atoms with van der Waals surface area (Å²) >= 11 is 0. The molecule has 0 spiro atoms. The molecule has 0 atom stereocenters. The van der Waals surface area contributed by atoms with E-state index >= 15 is 0 Å². The van der Waals surface area contributed by atoms with Gasteiger partial charge in [-0.25, -0.2) is 5.48 Å². The van der Waals surface area contributed by atoms with E-state index in [-0.39, 0.29) is 5.56 Å². The van der Waals surface area contributed by atoms with Crippen LogP contribution in [0.4, 0.5) is 13.2 Å². The molecule has 0 fully saturated rings. The minimum atomic E-state index is -4.53. The fourth-order valence-corrected chi connectivity index (χ4v) is 0.760. The summed E-state index contributed by atoms with van der Waals surface area (Å²) in [6.07, 6.45) is -3.80. The van der Waals surface area contributed by atoms with Crippen LogP contribution in [0.5, 0.6) is 0 Å². The Hall–Kier alpha value is -1.63. The van der Waals surface area contributed by atoms with Crippen LogP contribution in [-0.2, 0) is 6.18 Å². The van der Waals surface area contributed by atoms with Gasteiger partial charge in [-0.15, -0.1) is 0 Å². The molecule has 1 aromatic rings. The first-order valence-electron chi connectivity index (χ1n) is 3.43. The molecule has 7 heteroatoms. The third-order valence-electron chi connectivity index (χ3n) is 1.42. The number of nitrogens with zero attached hydrogens (tertiary/aromatic N) is 1. The molecule has 0 aliphatic heterocycles. The van der Waals surface area contributed by atoms with Gasteiger partial charge < -0.3 is 0 Å². The third kappa shape index (κ3) is 2.19. The molecule has 1 heterocycles. The Morgan fingerprint density at radius 1 is 1.43 bits per heavy atom. The van der Waals surface area contributed by atoms with Gasteiger partial charge in [-0.05, 0) is 12.1 Å². The number of rotatable bonds is 1. The van der Waals surface area contributed by atoms with E-state index in [2.05, 4.69) is 4.98 Å². The topological polar surface area (TPSA) is 62.2 Å². The number of aromatic nitrogens is 1. The Bertz CT molecular complexity index is 334. The van der Waals surface area contributed by atoms with Crippen molar-refractivity contribution in [3.63, 3.8) is 0 Å². The highest BCUT2D eigenvalue weighted by atomic mass is 19.4. The Morgan fingerprint density at radius 2 is 2.07 bits per heavy atom. The molecule has 1 aromatic heterocycles. The maximum Gasteiger partial charge on any atom is 0.433 e. The van der Waals surface area contributed by atoms with E-state index < -0.39 is 17.8 Å². The van der Waals surface area contributed by atoms with E-state index in [1.807, 2.05) is 0 Å². The maximum absolute atomic E-state index is 12.0. The van der Waals surface area contributed by atoms with Crippen molar-refractivity contribution in [1.82, 2.24) is 10.5 Å². The van der Waals surface area contributed by atoms with Gasteiger partial charge in [-0.3, -0.25) is 15.0 Å². The lowest BCUT2D eigenvalue weighted by molar-refractivity contribution is -0.141. The lowest BCUT2D eigenvalue weighted by atomic mass is 10.2. The second kappa shape index (κ2) is 3.62. The summed E-state index contributed by atoms with van der Waals surface area (Å²) in [6.45, 7) is 0. The first kappa shape index (κ1) is 10.5. The zero-order chi connectivity index (χ0) is 10.8. The fraction of sp³-hybridized carbons (Fsp3) is 0.143. The number of alkyl halides is 3. The van der Waals surface area contributed by atoms with Gasteiger partial charge in [-0.1, -0.05) is 0 Å². The lowest BCUT2D eigenvalue weighted by Gasteiger charge is -2.05. The second-order valence-corrected chi connectivity index (χ2v) is 2.37. The Balaban J connectivity index is 2.95. The van der Waals surface area contributed by atoms with Crippen molar-refractivity contribution in [2.45, 2.75) is 6.18 Å². The zero-order valence-electron chi connectivity index (χ0n) is 6.67. The highest BCUT2D eigenvalue weighted by Crippen LogP contribution is 2.27. The normalized spacial score (nSPS) is 11.1. The summed E-state index contributed by atoms with van der Waals surface area (Å²) in [7, 11) is 0. The zero-order valence-corrected chi connectivity index (χ0v) is 6.67. The minimum Gasteiger partial charge on any atom is -0.288 e. The molecule has 76 valence electrons. The molecule has 14 heavy (non-hydrogen) atoms. The molecular weight excluding hydrogens is 201 g/mol. The smallest absolute Gasteiger partial charge is 0.288 e. The summed E-state index contributed by atoms with van der Waals surface area (Å²) in [5, 5.41) is 8.17. The van der Waals surface area contributed by atoms with Crippen molar-refractivity contribution in [3.05, 3.63) is 29.6 Å². The molecule has 0 unspecified atom stereocenters. The first-order chi connectivity index (χ1) is 6.45. The van der Waals surface area contributed by atoms with Crippen LogP contribution in [0.2, 0.25) is 0 Å². The van der Waals surface area contributed by atoms with Gasteiger partial charge in [0.25, 0.3) is 5.91 Å². The summed E-state index contributed by atoms with van der Waals surface area (Å²) < 4.78 is 36.0. The molecule has 0 aromatic carbocycles. The number of hydroxylamine groups is 1. The van der Waals surface area contributed by atoms with Crippen LogP contribution in [0.15, 0.2) is 18.3 Å². The van der Waals surface area contributed by atoms with Crippen LogP contribution < -0.4 is 5.48 Å². The quantitative estimate of drug-likeness (QED) is 0.536. The van der Waals surface area contributed by atoms with Gasteiger partial charge in [0.1, 0.15) is 5.69 Å². The van der Waals surface area contributed by atoms with Crippen LogP contribution in [0, 0.1) is 0 Å². The Labute approximate surface area is 76.3 Å². The van der Waals surface area contributed by atoms with Crippen molar-refractivity contribution in [2.24, 2.45) is 0 Å². The maximum atomic E-state index is 12.0. The Morgan fingerprint density at radius 3 is 2.43 bits per heavy atom. The molecule has 0 saturated heterocycles. The van der Waals surface area contributed by atoms with Crippen LogP contribution in [0.3, 0.4) is 0 Å². The molecule has 2 N–H and O–H groups in total. The fourth-order valence-electron chi connectivity index (χ4n) is 0.760. The number of halogens is 3. The summed E-state index contributed by atoms with van der Waals surface area (Å²) in [5.41, 5.74) is 0.0362. The van der Waals surface area contributed by atoms with Gasteiger partial charge in [0.15, 0.2) is 0 Å². The molecule has 1 rings (SSSR count). The van der Waals surface area contributed by atoms with Crippen LogP contribution in [0.1, 0.15) is 16.1 Å². The van der Waals surface area contributed by atoms with E-state index in [1.165, 1.54) is 5.48 Å². The predicted octanol–water partition coefficient (Wildman–Crippen LogP) is 1.22. The van der Waals surface area contributed by atoms with Crippen molar-refractivity contribution in [3.8, 4) is 0 Å². The molecule has 0 radical (unpaired) electrons. The largest absolute Gasteiger partial charge is 0.433 e. The molecular formula is C7H5F3N2O2. The molecule has 1 amide bonds. The van der Waals surface area contributed by atoms with E-state index in [0.29, 0.717) is 6.07 Å². The lowest BCUT2D eigenvalue weighted by Crippen LogP contribution is -2.19. The number of pyridine rings is 1. The molecule has 0 aliphatic carbocycles. The average Bonchev–Trinajstić information content (AvgIpc) is 2.15. The number of carbonyl (C=O) groups excluding carboxylic acids is 1. The van der Waals surface area contributed by atoms with Gasteiger partial charge in [0.05, 0.1) is 5.56 Å². The molecule has 0 bridgehead atoms. The van der Waals surface area contributed by atoms with Gasteiger partial charge in [0, 0.05) is 6.20 Å². The van der Waals surface area contributed by atoms with E-state index in [0.717, 1.165) is 12.3 Å². The monoisotopic (exact) mass is 206 g/mol. The minimum absolute atomic E-state index is 0.152. The molecule has 0 aliphatic rings. The highest BCUT2D eigenvalue weighted by Gasteiger charge is 2.32. The van der Waals surface area contributed by atoms with E-state index in [4.69, 9.17) is 5.21 Å². The van der Waals surface area contributed by atoms with Crippen LogP contribution >= 0.6 is 0 Å². The number of amides is 1. The molecule has 4 nitrogen and oxygen atoms in total. The van der Waals surface area contributed by atoms with Gasteiger partial charge in [0.2, 0.25) is 0 Å². The van der Waals surface area contributed by atoms with Gasteiger partial charge in [-0.2, -0.15) is 13.2 Å². The second-order valence-electron chi connectivity index (χ2n) is 2.37. The average molecular weight is 206 g/mol. The summed E-state index contributed by atoms with van der Waals surface area (Å²) in [5.74, 6) is -0.911. The predicted molar refractivity (Wildman–Crippen MR) is 38.5 cm³/mol. The summed E-state index contributed by atoms with van der Waals surface area (Å²) in [6, 6.07) is 1.58. The first-order valence-corrected chi connectivity index (χ1v) is 3.43. The van der Waals surface area contributed by atoms with Crippen LogP contribution in [-0.4, -0.2) is 16.1 Å². The van der Waals surface area contributed by atoms with Crippen molar-refractivity contribution in [1.29, 1.82) is 0 Å². The Kier molecular flexibility index (Phi) is 2.70. The number of hydrogen-bond donors (Lipinski definition) is 2. The SMILES string of the molecule is O=C(NO)c1ccc(C(F)(F)F)nc1. The number of hydrogen-bond acceptors (Lipinski definition) is 3. The van der Waals surface area contributed by atoms with Crippen LogP contribution in [0.25, 0.3) is 0 Å². The van der Waals surface area contributed by atoms with Crippen molar-refractivity contribution < 1.29 is 23.2 Å². The third-order valence-corrected chi connectivity index (χ3v) is 1.42. The number of carbonyl (C=O) groups is 1. The molecule has 0 saturated carbocycles. The van der Waals surface area contributed by atoms with E-state index in [1.54, 1.807) is 0 Å². The standard InChI is InChI=1S/C7H5F3N2O2/c8-7(9,10)5-2-1-4(3-11-5)6(13)12-14/h1-3,14H,(H,12,13). The van der Waals surface area contributed by atoms with Gasteiger partial charge >= 0.3 is 6.18 Å².